The Morgan fingerprint density at radius 3 is 2.76 bits per heavy atom. The second-order valence-corrected chi connectivity index (χ2v) is 6.28. The maximum atomic E-state index is 13.2. The van der Waals surface area contributed by atoms with Gasteiger partial charge in [0, 0.05) is 17.8 Å². The minimum atomic E-state index is 0.00189. The summed E-state index contributed by atoms with van der Waals surface area (Å²) in [7, 11) is 0. The number of amides is 1. The van der Waals surface area contributed by atoms with E-state index in [9.17, 15) is 4.79 Å². The third-order valence-corrected chi connectivity index (χ3v) is 4.57. The van der Waals surface area contributed by atoms with Gasteiger partial charge in [-0.2, -0.15) is 5.26 Å². The van der Waals surface area contributed by atoms with Gasteiger partial charge in [-0.15, -0.1) is 0 Å². The molecule has 1 aromatic carbocycles. The molecule has 1 aliphatic heterocycles. The number of hydrogen-bond acceptors (Lipinski definition) is 4. The lowest BCUT2D eigenvalue weighted by molar-refractivity contribution is 0.0642. The number of benzene rings is 1. The predicted molar refractivity (Wildman–Crippen MR) is 95.8 cm³/mol. The molecule has 128 valence electrons. The predicted octanol–water partition coefficient (Wildman–Crippen LogP) is 2.74. The van der Waals surface area contributed by atoms with E-state index in [2.05, 4.69) is 16.4 Å². The van der Waals surface area contributed by atoms with Crippen LogP contribution >= 0.6 is 0 Å². The molecule has 1 N–H and O–H groups in total. The van der Waals surface area contributed by atoms with Crippen molar-refractivity contribution >= 4 is 5.91 Å². The van der Waals surface area contributed by atoms with Gasteiger partial charge in [-0.05, 0) is 68.8 Å². The van der Waals surface area contributed by atoms with E-state index in [0.717, 1.165) is 38.0 Å². The Bertz CT molecular complexity index is 729. The van der Waals surface area contributed by atoms with Gasteiger partial charge in [-0.25, -0.2) is 0 Å². The summed E-state index contributed by atoms with van der Waals surface area (Å²) in [6.07, 6.45) is 4.75. The monoisotopic (exact) mass is 334 g/mol. The molecule has 0 radical (unpaired) electrons. The summed E-state index contributed by atoms with van der Waals surface area (Å²) in [4.78, 5) is 19.5. The lowest BCUT2D eigenvalue weighted by atomic mass is 10.0. The average molecular weight is 334 g/mol. The maximum absolute atomic E-state index is 13.2. The number of pyridine rings is 1. The molecule has 2 heterocycles. The fourth-order valence-electron chi connectivity index (χ4n) is 3.20. The van der Waals surface area contributed by atoms with Gasteiger partial charge in [-0.1, -0.05) is 6.07 Å². The highest BCUT2D eigenvalue weighted by Gasteiger charge is 2.26. The molecule has 1 amide bonds. The quantitative estimate of drug-likeness (QED) is 0.933. The van der Waals surface area contributed by atoms with Crippen LogP contribution in [0.3, 0.4) is 0 Å². The maximum Gasteiger partial charge on any atom is 0.254 e. The second-order valence-electron chi connectivity index (χ2n) is 6.28. The van der Waals surface area contributed by atoms with E-state index in [4.69, 9.17) is 5.26 Å². The first-order valence-electron chi connectivity index (χ1n) is 8.69. The molecule has 0 saturated carbocycles. The van der Waals surface area contributed by atoms with E-state index in [1.54, 1.807) is 30.5 Å². The van der Waals surface area contributed by atoms with Crippen molar-refractivity contribution in [1.29, 1.82) is 5.26 Å². The van der Waals surface area contributed by atoms with Gasteiger partial charge in [0.15, 0.2) is 0 Å². The molecule has 3 rings (SSSR count). The zero-order chi connectivity index (χ0) is 17.5. The van der Waals surface area contributed by atoms with Crippen molar-refractivity contribution in [3.63, 3.8) is 0 Å². The van der Waals surface area contributed by atoms with Crippen LogP contribution in [0.1, 0.15) is 40.9 Å². The first kappa shape index (κ1) is 17.1. The van der Waals surface area contributed by atoms with Crippen LogP contribution in [0.5, 0.6) is 0 Å². The highest BCUT2D eigenvalue weighted by molar-refractivity contribution is 5.94. The zero-order valence-corrected chi connectivity index (χ0v) is 14.2. The molecule has 1 unspecified atom stereocenters. The van der Waals surface area contributed by atoms with Gasteiger partial charge in [0.2, 0.25) is 0 Å². The van der Waals surface area contributed by atoms with Gasteiger partial charge < -0.3 is 10.2 Å². The van der Waals surface area contributed by atoms with Crippen LogP contribution in [0.4, 0.5) is 0 Å². The number of nitrogens with one attached hydrogen (secondary N) is 1. The Kier molecular flexibility index (Phi) is 5.76. The van der Waals surface area contributed by atoms with Crippen LogP contribution in [-0.4, -0.2) is 34.9 Å². The number of carbonyl (C=O) groups excluding carboxylic acids is 1. The molecule has 5 nitrogen and oxygen atoms in total. The summed E-state index contributed by atoms with van der Waals surface area (Å²) in [6.45, 7) is 2.42. The number of nitriles is 1. The number of hydrogen-bond donors (Lipinski definition) is 1. The minimum absolute atomic E-state index is 0.00189. The highest BCUT2D eigenvalue weighted by Crippen LogP contribution is 2.19. The first-order chi connectivity index (χ1) is 12.3. The number of nitrogens with zero attached hydrogens (tertiary/aromatic N) is 3. The van der Waals surface area contributed by atoms with Crippen molar-refractivity contribution in [2.45, 2.75) is 31.8 Å². The summed E-state index contributed by atoms with van der Waals surface area (Å²) in [5, 5.41) is 12.3. The van der Waals surface area contributed by atoms with Crippen LogP contribution < -0.4 is 5.32 Å². The molecule has 1 saturated heterocycles. The largest absolute Gasteiger partial charge is 0.330 e. The van der Waals surface area contributed by atoms with E-state index in [0.29, 0.717) is 17.7 Å². The fraction of sp³-hybridized carbons (Fsp3) is 0.350. The standard InChI is InChI=1S/C20H22N4O/c21-14-16-6-8-17(9-7-16)20(25)24(15-18-4-1-2-12-23-18)19-5-3-11-22-13-10-19/h1-2,4,6-9,12,19,22H,3,5,10-11,13,15H2. The molecule has 25 heavy (non-hydrogen) atoms. The van der Waals surface area contributed by atoms with E-state index in [1.807, 2.05) is 23.1 Å². The van der Waals surface area contributed by atoms with Crippen LogP contribution in [0.25, 0.3) is 0 Å². The third-order valence-electron chi connectivity index (χ3n) is 4.57. The van der Waals surface area contributed by atoms with Gasteiger partial charge in [-0.3, -0.25) is 9.78 Å². The number of aromatic nitrogens is 1. The first-order valence-corrected chi connectivity index (χ1v) is 8.69. The summed E-state index contributed by atoms with van der Waals surface area (Å²) in [5.41, 5.74) is 2.07. The van der Waals surface area contributed by atoms with Gasteiger partial charge in [0.05, 0.1) is 23.9 Å². The lowest BCUT2D eigenvalue weighted by Gasteiger charge is -2.31. The third kappa shape index (κ3) is 4.43. The Balaban J connectivity index is 1.85. The van der Waals surface area contributed by atoms with Crippen molar-refractivity contribution < 1.29 is 4.79 Å². The van der Waals surface area contributed by atoms with E-state index in [1.165, 1.54) is 0 Å². The van der Waals surface area contributed by atoms with Crippen molar-refractivity contribution in [3.05, 3.63) is 65.5 Å². The van der Waals surface area contributed by atoms with Crippen LogP contribution in [0, 0.1) is 11.3 Å². The van der Waals surface area contributed by atoms with Gasteiger partial charge >= 0.3 is 0 Å². The Hall–Kier alpha value is -2.71. The summed E-state index contributed by atoms with van der Waals surface area (Å²) in [5.74, 6) is 0.00189. The van der Waals surface area contributed by atoms with Crippen molar-refractivity contribution in [2.75, 3.05) is 13.1 Å². The van der Waals surface area contributed by atoms with Crippen molar-refractivity contribution in [3.8, 4) is 6.07 Å². The Morgan fingerprint density at radius 2 is 2.04 bits per heavy atom. The molecule has 1 aromatic heterocycles. The molecule has 0 aliphatic carbocycles. The fourth-order valence-corrected chi connectivity index (χ4v) is 3.20. The average Bonchev–Trinajstić information content (AvgIpc) is 2.96. The SMILES string of the molecule is N#Cc1ccc(C(=O)N(Cc2ccccn2)C2CCCNCC2)cc1. The summed E-state index contributed by atoms with van der Waals surface area (Å²) >= 11 is 0. The summed E-state index contributed by atoms with van der Waals surface area (Å²) < 4.78 is 0. The molecule has 0 spiro atoms. The second kappa shape index (κ2) is 8.41. The topological polar surface area (TPSA) is 69.0 Å². The van der Waals surface area contributed by atoms with Crippen molar-refractivity contribution in [2.24, 2.45) is 0 Å². The smallest absolute Gasteiger partial charge is 0.254 e. The molecule has 2 aromatic rings. The lowest BCUT2D eigenvalue weighted by Crippen LogP contribution is -2.40. The van der Waals surface area contributed by atoms with Crippen LogP contribution in [-0.2, 0) is 6.54 Å². The summed E-state index contributed by atoms with van der Waals surface area (Å²) in [6, 6.07) is 14.9. The molecule has 1 fully saturated rings. The number of carbonyl (C=O) groups is 1. The van der Waals surface area contributed by atoms with Crippen LogP contribution in [0.2, 0.25) is 0 Å². The molecule has 0 bridgehead atoms. The zero-order valence-electron chi connectivity index (χ0n) is 14.2. The normalized spacial score (nSPS) is 17.3. The molecule has 1 aliphatic rings. The highest BCUT2D eigenvalue weighted by atomic mass is 16.2. The van der Waals surface area contributed by atoms with E-state index < -0.39 is 0 Å². The van der Waals surface area contributed by atoms with Gasteiger partial charge in [0.1, 0.15) is 0 Å². The van der Waals surface area contributed by atoms with E-state index >= 15 is 0 Å². The minimum Gasteiger partial charge on any atom is -0.330 e. The molecule has 5 heteroatoms. The Morgan fingerprint density at radius 1 is 1.20 bits per heavy atom. The van der Waals surface area contributed by atoms with Crippen LogP contribution in [0.15, 0.2) is 48.7 Å². The van der Waals surface area contributed by atoms with E-state index in [-0.39, 0.29) is 11.9 Å². The van der Waals surface area contributed by atoms with Crippen molar-refractivity contribution in [1.82, 2.24) is 15.2 Å². The number of rotatable bonds is 4. The molecular weight excluding hydrogens is 312 g/mol. The molecular formula is C20H22N4O. The Labute approximate surface area is 148 Å². The molecule has 1 atom stereocenters. The van der Waals surface area contributed by atoms with Gasteiger partial charge in [0.25, 0.3) is 5.91 Å².